The number of aryl methyl sites for hydroxylation is 2. The Kier molecular flexibility index (Phi) is 4.80. The van der Waals surface area contributed by atoms with Crippen LogP contribution in [0.5, 0.6) is 0 Å². The number of anilines is 1. The summed E-state index contributed by atoms with van der Waals surface area (Å²) >= 11 is 0. The zero-order chi connectivity index (χ0) is 14.5. The maximum atomic E-state index is 6.08. The van der Waals surface area contributed by atoms with Gasteiger partial charge in [-0.15, -0.1) is 0 Å². The molecule has 0 heterocycles. The van der Waals surface area contributed by atoms with E-state index in [9.17, 15) is 0 Å². The average Bonchev–Trinajstić information content (AvgIpc) is 2.45. The van der Waals surface area contributed by atoms with Crippen LogP contribution >= 0.6 is 0 Å². The lowest BCUT2D eigenvalue weighted by atomic mass is 10.0. The minimum atomic E-state index is 0.223. The van der Waals surface area contributed by atoms with Gasteiger partial charge >= 0.3 is 0 Å². The van der Waals surface area contributed by atoms with Crippen LogP contribution in [0.2, 0.25) is 0 Å². The van der Waals surface area contributed by atoms with Crippen LogP contribution in [-0.4, -0.2) is 13.1 Å². The van der Waals surface area contributed by atoms with Crippen molar-refractivity contribution >= 4 is 5.69 Å². The van der Waals surface area contributed by atoms with Crippen molar-refractivity contribution in [3.63, 3.8) is 0 Å². The first-order valence-electron chi connectivity index (χ1n) is 7.26. The second-order valence-corrected chi connectivity index (χ2v) is 5.24. The van der Waals surface area contributed by atoms with Crippen molar-refractivity contribution in [3.8, 4) is 0 Å². The van der Waals surface area contributed by atoms with E-state index in [1.165, 1.54) is 22.4 Å². The van der Waals surface area contributed by atoms with E-state index in [0.717, 1.165) is 6.54 Å². The van der Waals surface area contributed by atoms with E-state index >= 15 is 0 Å². The highest BCUT2D eigenvalue weighted by Gasteiger charge is 2.19. The highest BCUT2D eigenvalue weighted by Crippen LogP contribution is 2.29. The molecule has 2 nitrogen and oxygen atoms in total. The van der Waals surface area contributed by atoms with Gasteiger partial charge in [0.05, 0.1) is 6.04 Å². The fourth-order valence-corrected chi connectivity index (χ4v) is 2.76. The van der Waals surface area contributed by atoms with Crippen LogP contribution in [0.3, 0.4) is 0 Å². The van der Waals surface area contributed by atoms with Crippen LogP contribution < -0.4 is 10.6 Å². The molecule has 0 spiro atoms. The summed E-state index contributed by atoms with van der Waals surface area (Å²) in [4.78, 5) is 2.39. The van der Waals surface area contributed by atoms with Gasteiger partial charge in [-0.3, -0.25) is 0 Å². The second-order valence-electron chi connectivity index (χ2n) is 5.24. The van der Waals surface area contributed by atoms with Crippen LogP contribution in [0, 0.1) is 13.8 Å². The number of hydrogen-bond donors (Lipinski definition) is 1. The van der Waals surface area contributed by atoms with Gasteiger partial charge in [0.1, 0.15) is 0 Å². The molecule has 2 heteroatoms. The smallest absolute Gasteiger partial charge is 0.0664 e. The Balaban J connectivity index is 2.40. The molecule has 1 atom stereocenters. The molecule has 0 amide bonds. The number of likely N-dealkylation sites (N-methyl/N-ethyl adjacent to an activating group) is 1. The van der Waals surface area contributed by atoms with Crippen molar-refractivity contribution in [1.29, 1.82) is 0 Å². The highest BCUT2D eigenvalue weighted by atomic mass is 15.2. The third-order valence-electron chi connectivity index (χ3n) is 3.79. The van der Waals surface area contributed by atoms with Crippen molar-refractivity contribution in [3.05, 3.63) is 65.2 Å². The molecular formula is C18H24N2. The molecule has 0 saturated carbocycles. The summed E-state index contributed by atoms with van der Waals surface area (Å²) in [5, 5.41) is 0. The number of nitrogens with zero attached hydrogens (tertiary/aromatic N) is 1. The molecule has 0 saturated heterocycles. The Bertz CT molecular complexity index is 563. The van der Waals surface area contributed by atoms with Gasteiger partial charge in [-0.05, 0) is 38.0 Å². The first-order valence-corrected chi connectivity index (χ1v) is 7.26. The minimum absolute atomic E-state index is 0.223. The lowest BCUT2D eigenvalue weighted by molar-refractivity contribution is 0.641. The van der Waals surface area contributed by atoms with Gasteiger partial charge < -0.3 is 10.6 Å². The molecule has 0 aliphatic rings. The minimum Gasteiger partial charge on any atom is -0.363 e. The molecule has 0 fully saturated rings. The Labute approximate surface area is 122 Å². The van der Waals surface area contributed by atoms with E-state index < -0.39 is 0 Å². The monoisotopic (exact) mass is 268 g/mol. The maximum Gasteiger partial charge on any atom is 0.0664 e. The first kappa shape index (κ1) is 14.6. The molecular weight excluding hydrogens is 244 g/mol. The van der Waals surface area contributed by atoms with E-state index in [4.69, 9.17) is 5.73 Å². The van der Waals surface area contributed by atoms with Crippen molar-refractivity contribution < 1.29 is 0 Å². The molecule has 0 bridgehead atoms. The molecule has 0 radical (unpaired) electrons. The summed E-state index contributed by atoms with van der Waals surface area (Å²) in [6.45, 7) is 8.03. The Morgan fingerprint density at radius 2 is 1.80 bits per heavy atom. The maximum absolute atomic E-state index is 6.08. The third-order valence-corrected chi connectivity index (χ3v) is 3.79. The summed E-state index contributed by atoms with van der Waals surface area (Å²) in [5.41, 5.74) is 11.2. The predicted molar refractivity (Wildman–Crippen MR) is 87.2 cm³/mol. The molecule has 0 aliphatic heterocycles. The van der Waals surface area contributed by atoms with E-state index in [-0.39, 0.29) is 6.04 Å². The summed E-state index contributed by atoms with van der Waals surface area (Å²) in [7, 11) is 0. The quantitative estimate of drug-likeness (QED) is 0.893. The van der Waals surface area contributed by atoms with Crippen LogP contribution in [-0.2, 0) is 0 Å². The van der Waals surface area contributed by atoms with Crippen molar-refractivity contribution in [2.75, 3.05) is 18.0 Å². The van der Waals surface area contributed by atoms with Gasteiger partial charge in [-0.25, -0.2) is 0 Å². The molecule has 2 aromatic rings. The Hall–Kier alpha value is -1.80. The number of rotatable bonds is 5. The fourth-order valence-electron chi connectivity index (χ4n) is 2.76. The van der Waals surface area contributed by atoms with Gasteiger partial charge in [0, 0.05) is 18.8 Å². The summed E-state index contributed by atoms with van der Waals surface area (Å²) in [6, 6.07) is 17.4. The molecule has 2 aromatic carbocycles. The van der Waals surface area contributed by atoms with Crippen LogP contribution in [0.1, 0.15) is 29.7 Å². The van der Waals surface area contributed by atoms with E-state index in [2.05, 4.69) is 74.2 Å². The molecule has 0 aliphatic carbocycles. The number of nitrogens with two attached hydrogens (primary N) is 1. The van der Waals surface area contributed by atoms with Gasteiger partial charge in [0.15, 0.2) is 0 Å². The zero-order valence-corrected chi connectivity index (χ0v) is 12.6. The van der Waals surface area contributed by atoms with E-state index in [1.807, 2.05) is 0 Å². The van der Waals surface area contributed by atoms with Crippen LogP contribution in [0.25, 0.3) is 0 Å². The van der Waals surface area contributed by atoms with Gasteiger partial charge in [-0.1, -0.05) is 48.0 Å². The van der Waals surface area contributed by atoms with Crippen molar-refractivity contribution in [1.82, 2.24) is 0 Å². The fraction of sp³-hybridized carbons (Fsp3) is 0.333. The molecule has 2 N–H and O–H groups in total. The lowest BCUT2D eigenvalue weighted by Crippen LogP contribution is -2.34. The lowest BCUT2D eigenvalue weighted by Gasteiger charge is -2.33. The molecule has 0 aromatic heterocycles. The number of para-hydroxylation sites is 1. The largest absolute Gasteiger partial charge is 0.363 e. The highest BCUT2D eigenvalue weighted by molar-refractivity contribution is 5.55. The third kappa shape index (κ3) is 3.02. The van der Waals surface area contributed by atoms with Gasteiger partial charge in [0.2, 0.25) is 0 Å². The number of hydrogen-bond acceptors (Lipinski definition) is 2. The van der Waals surface area contributed by atoms with E-state index in [0.29, 0.717) is 6.54 Å². The molecule has 2 rings (SSSR count). The second kappa shape index (κ2) is 6.58. The predicted octanol–water partition coefficient (Wildman–Crippen LogP) is 3.83. The molecule has 106 valence electrons. The van der Waals surface area contributed by atoms with Gasteiger partial charge in [-0.2, -0.15) is 0 Å². The van der Waals surface area contributed by atoms with Crippen LogP contribution in [0.4, 0.5) is 5.69 Å². The number of benzene rings is 2. The first-order chi connectivity index (χ1) is 9.67. The molecule has 20 heavy (non-hydrogen) atoms. The standard InChI is InChI=1S/C18H24N2/c1-4-20(17-11-6-5-9-15(17)3)18(13-19)16-10-7-8-14(2)12-16/h5-12,18H,4,13,19H2,1-3H3. The van der Waals surface area contributed by atoms with E-state index in [1.54, 1.807) is 0 Å². The average molecular weight is 268 g/mol. The topological polar surface area (TPSA) is 29.3 Å². The van der Waals surface area contributed by atoms with Gasteiger partial charge in [0.25, 0.3) is 0 Å². The SMILES string of the molecule is CCN(c1ccccc1C)C(CN)c1cccc(C)c1. The van der Waals surface area contributed by atoms with Crippen LogP contribution in [0.15, 0.2) is 48.5 Å². The Morgan fingerprint density at radius 3 is 2.40 bits per heavy atom. The molecule has 1 unspecified atom stereocenters. The summed E-state index contributed by atoms with van der Waals surface area (Å²) < 4.78 is 0. The summed E-state index contributed by atoms with van der Waals surface area (Å²) in [6.07, 6.45) is 0. The normalized spacial score (nSPS) is 12.2. The van der Waals surface area contributed by atoms with Crippen molar-refractivity contribution in [2.24, 2.45) is 5.73 Å². The Morgan fingerprint density at radius 1 is 1.05 bits per heavy atom. The summed E-state index contributed by atoms with van der Waals surface area (Å²) in [5.74, 6) is 0. The van der Waals surface area contributed by atoms with Crippen molar-refractivity contribution in [2.45, 2.75) is 26.8 Å². The zero-order valence-electron chi connectivity index (χ0n) is 12.6.